The predicted octanol–water partition coefficient (Wildman–Crippen LogP) is 0.883. The first-order chi connectivity index (χ1) is 11.1. The first-order valence-electron chi connectivity index (χ1n) is 8.07. The molecule has 0 unspecified atom stereocenters. The van der Waals surface area contributed by atoms with E-state index < -0.39 is 11.8 Å². The quantitative estimate of drug-likeness (QED) is 0.819. The van der Waals surface area contributed by atoms with Crippen LogP contribution in [0.4, 0.5) is 0 Å². The van der Waals surface area contributed by atoms with Gasteiger partial charge in [0.05, 0.1) is 11.1 Å². The van der Waals surface area contributed by atoms with Crippen LogP contribution in [0.5, 0.6) is 0 Å². The minimum absolute atomic E-state index is 0.217. The normalized spacial score (nSPS) is 20.9. The van der Waals surface area contributed by atoms with E-state index in [0.717, 1.165) is 30.8 Å². The van der Waals surface area contributed by atoms with Gasteiger partial charge in [0.25, 0.3) is 11.8 Å². The number of hydrogen-bond acceptors (Lipinski definition) is 4. The van der Waals surface area contributed by atoms with E-state index in [1.54, 1.807) is 24.3 Å². The minimum Gasteiger partial charge on any atom is -0.353 e. The molecule has 2 heterocycles. The molecule has 1 atom stereocenters. The highest BCUT2D eigenvalue weighted by atomic mass is 16.2. The summed E-state index contributed by atoms with van der Waals surface area (Å²) in [6.45, 7) is 4.49. The van der Waals surface area contributed by atoms with Crippen LogP contribution in [0.15, 0.2) is 24.3 Å². The lowest BCUT2D eigenvalue weighted by molar-refractivity contribution is -0.121. The molecule has 0 saturated carbocycles. The van der Waals surface area contributed by atoms with Gasteiger partial charge in [0, 0.05) is 12.6 Å². The fourth-order valence-corrected chi connectivity index (χ4v) is 3.36. The monoisotopic (exact) mass is 315 g/mol. The average Bonchev–Trinajstić information content (AvgIpc) is 3.12. The molecule has 2 aliphatic rings. The number of nitrogens with one attached hydrogen (secondary N) is 1. The Morgan fingerprint density at radius 2 is 1.87 bits per heavy atom. The second kappa shape index (κ2) is 6.50. The number of fused-ring (bicyclic) bond motifs is 1. The van der Waals surface area contributed by atoms with Crippen LogP contribution < -0.4 is 5.32 Å². The van der Waals surface area contributed by atoms with Gasteiger partial charge in [-0.3, -0.25) is 24.2 Å². The number of carbonyl (C=O) groups excluding carboxylic acids is 3. The molecule has 1 aromatic rings. The smallest absolute Gasteiger partial charge is 0.262 e. The van der Waals surface area contributed by atoms with E-state index in [0.29, 0.717) is 23.7 Å². The summed E-state index contributed by atoms with van der Waals surface area (Å²) in [4.78, 5) is 39.9. The second-order valence-electron chi connectivity index (χ2n) is 5.97. The zero-order valence-electron chi connectivity index (χ0n) is 13.2. The zero-order chi connectivity index (χ0) is 16.4. The maximum absolute atomic E-state index is 12.2. The maximum Gasteiger partial charge on any atom is 0.262 e. The molecule has 1 N–H and O–H groups in total. The molecule has 6 nitrogen and oxygen atoms in total. The number of rotatable bonds is 5. The third kappa shape index (κ3) is 2.99. The number of likely N-dealkylation sites (tertiary alicyclic amines) is 1. The van der Waals surface area contributed by atoms with Crippen molar-refractivity contribution in [3.63, 3.8) is 0 Å². The fourth-order valence-electron chi connectivity index (χ4n) is 3.36. The van der Waals surface area contributed by atoms with Gasteiger partial charge < -0.3 is 5.32 Å². The highest BCUT2D eigenvalue weighted by Gasteiger charge is 2.36. The Balaban J connectivity index is 1.57. The Hall–Kier alpha value is -2.21. The van der Waals surface area contributed by atoms with Gasteiger partial charge in [-0.15, -0.1) is 0 Å². The lowest BCUT2D eigenvalue weighted by atomic mass is 10.1. The van der Waals surface area contributed by atoms with E-state index in [4.69, 9.17) is 0 Å². The molecule has 0 bridgehead atoms. The first-order valence-corrected chi connectivity index (χ1v) is 8.07. The highest BCUT2D eigenvalue weighted by Crippen LogP contribution is 2.22. The van der Waals surface area contributed by atoms with Crippen molar-refractivity contribution in [3.8, 4) is 0 Å². The van der Waals surface area contributed by atoms with E-state index in [2.05, 4.69) is 17.1 Å². The molecule has 122 valence electrons. The lowest BCUT2D eigenvalue weighted by Crippen LogP contribution is -2.45. The van der Waals surface area contributed by atoms with Crippen molar-refractivity contribution >= 4 is 17.7 Å². The molecule has 0 aromatic heterocycles. The zero-order valence-corrected chi connectivity index (χ0v) is 13.2. The summed E-state index contributed by atoms with van der Waals surface area (Å²) in [6, 6.07) is 7.02. The fraction of sp³-hybridized carbons (Fsp3) is 0.471. The summed E-state index contributed by atoms with van der Waals surface area (Å²) < 4.78 is 0. The Morgan fingerprint density at radius 1 is 1.22 bits per heavy atom. The van der Waals surface area contributed by atoms with E-state index >= 15 is 0 Å². The van der Waals surface area contributed by atoms with Crippen molar-refractivity contribution in [3.05, 3.63) is 35.4 Å². The molecule has 23 heavy (non-hydrogen) atoms. The Morgan fingerprint density at radius 3 is 2.48 bits per heavy atom. The topological polar surface area (TPSA) is 69.7 Å². The summed E-state index contributed by atoms with van der Waals surface area (Å²) in [6.07, 6.45) is 2.22. The number of likely N-dealkylation sites (N-methyl/N-ethyl adjacent to an activating group) is 1. The molecular weight excluding hydrogens is 294 g/mol. The second-order valence-corrected chi connectivity index (χ2v) is 5.97. The summed E-state index contributed by atoms with van der Waals surface area (Å²) >= 11 is 0. The predicted molar refractivity (Wildman–Crippen MR) is 85.1 cm³/mol. The highest BCUT2D eigenvalue weighted by molar-refractivity contribution is 6.22. The molecule has 1 saturated heterocycles. The number of carbonyl (C=O) groups is 3. The molecule has 0 radical (unpaired) electrons. The minimum atomic E-state index is -0.392. The third-order valence-electron chi connectivity index (χ3n) is 4.62. The van der Waals surface area contributed by atoms with Gasteiger partial charge in [0.15, 0.2) is 0 Å². The Kier molecular flexibility index (Phi) is 4.43. The van der Waals surface area contributed by atoms with E-state index in [-0.39, 0.29) is 12.5 Å². The molecule has 2 aliphatic heterocycles. The third-order valence-corrected chi connectivity index (χ3v) is 4.62. The van der Waals surface area contributed by atoms with Gasteiger partial charge in [-0.25, -0.2) is 0 Å². The SMILES string of the molecule is CCN1CCC[C@@H]1CNC(=O)CN1C(=O)c2ccccc2C1=O. The van der Waals surface area contributed by atoms with Crippen LogP contribution in [0, 0.1) is 0 Å². The maximum atomic E-state index is 12.2. The molecule has 0 aliphatic carbocycles. The van der Waals surface area contributed by atoms with Crippen molar-refractivity contribution in [1.29, 1.82) is 0 Å². The van der Waals surface area contributed by atoms with Gasteiger partial charge in [0.2, 0.25) is 5.91 Å². The number of benzene rings is 1. The summed E-state index contributed by atoms with van der Waals surface area (Å²) in [7, 11) is 0. The van der Waals surface area contributed by atoms with Crippen LogP contribution in [0.1, 0.15) is 40.5 Å². The molecule has 3 rings (SSSR count). The molecule has 1 fully saturated rings. The largest absolute Gasteiger partial charge is 0.353 e. The molecule has 6 heteroatoms. The van der Waals surface area contributed by atoms with Crippen LogP contribution >= 0.6 is 0 Å². The molecule has 1 aromatic carbocycles. The number of amides is 3. The van der Waals surface area contributed by atoms with Gasteiger partial charge in [-0.1, -0.05) is 19.1 Å². The Labute approximate surface area is 135 Å². The molecular formula is C17H21N3O3. The summed E-state index contributed by atoms with van der Waals surface area (Å²) in [5.74, 6) is -1.07. The number of nitrogens with zero attached hydrogens (tertiary/aromatic N) is 2. The summed E-state index contributed by atoms with van der Waals surface area (Å²) in [5.41, 5.74) is 0.747. The van der Waals surface area contributed by atoms with Crippen molar-refractivity contribution < 1.29 is 14.4 Å². The van der Waals surface area contributed by atoms with Crippen LogP contribution in [0.3, 0.4) is 0 Å². The van der Waals surface area contributed by atoms with Crippen LogP contribution in [-0.2, 0) is 4.79 Å². The van der Waals surface area contributed by atoms with Crippen molar-refractivity contribution in [2.45, 2.75) is 25.8 Å². The van der Waals surface area contributed by atoms with Crippen LogP contribution in [-0.4, -0.2) is 59.7 Å². The Bertz CT molecular complexity index is 609. The van der Waals surface area contributed by atoms with Crippen molar-refractivity contribution in [2.75, 3.05) is 26.2 Å². The van der Waals surface area contributed by atoms with Gasteiger partial charge in [0.1, 0.15) is 6.54 Å². The van der Waals surface area contributed by atoms with Crippen LogP contribution in [0.2, 0.25) is 0 Å². The lowest BCUT2D eigenvalue weighted by Gasteiger charge is -2.23. The van der Waals surface area contributed by atoms with Gasteiger partial charge >= 0.3 is 0 Å². The van der Waals surface area contributed by atoms with E-state index in [1.807, 2.05) is 0 Å². The standard InChI is InChI=1S/C17H21N3O3/c1-2-19-9-5-6-12(19)10-18-15(21)11-20-16(22)13-7-3-4-8-14(13)17(20)23/h3-4,7-8,12H,2,5-6,9-11H2,1H3,(H,18,21)/t12-/m1/s1. The molecule has 0 spiro atoms. The van der Waals surface area contributed by atoms with Gasteiger partial charge in [-0.2, -0.15) is 0 Å². The van der Waals surface area contributed by atoms with E-state index in [9.17, 15) is 14.4 Å². The van der Waals surface area contributed by atoms with E-state index in [1.165, 1.54) is 0 Å². The van der Waals surface area contributed by atoms with Gasteiger partial charge in [-0.05, 0) is 38.1 Å². The molecule has 3 amide bonds. The van der Waals surface area contributed by atoms with Crippen molar-refractivity contribution in [2.24, 2.45) is 0 Å². The van der Waals surface area contributed by atoms with Crippen LogP contribution in [0.25, 0.3) is 0 Å². The number of imide groups is 1. The average molecular weight is 315 g/mol. The summed E-state index contributed by atoms with van der Waals surface area (Å²) in [5, 5.41) is 2.86. The first kappa shape index (κ1) is 15.7. The van der Waals surface area contributed by atoms with Crippen molar-refractivity contribution in [1.82, 2.24) is 15.1 Å². The number of hydrogen-bond donors (Lipinski definition) is 1.